The molecule has 0 unspecified atom stereocenters. The Balaban J connectivity index is 1.24. The quantitative estimate of drug-likeness (QED) is 0.446. The van der Waals surface area contributed by atoms with Gasteiger partial charge in [0, 0.05) is 51.0 Å². The number of aryl methyl sites for hydroxylation is 1. The summed E-state index contributed by atoms with van der Waals surface area (Å²) in [5.41, 5.74) is 4.75. The van der Waals surface area contributed by atoms with E-state index >= 15 is 0 Å². The fraction of sp³-hybridized carbons (Fsp3) is 0.269. The molecule has 7 nitrogen and oxygen atoms in total. The molecule has 3 heterocycles. The number of fused-ring (bicyclic) bond motifs is 1. The van der Waals surface area contributed by atoms with Gasteiger partial charge in [-0.05, 0) is 31.2 Å². The molecular formula is C26H27ClN6O. The van der Waals surface area contributed by atoms with Crippen LogP contribution >= 0.6 is 11.6 Å². The van der Waals surface area contributed by atoms with E-state index in [0.717, 1.165) is 48.7 Å². The maximum absolute atomic E-state index is 12.7. The number of benzene rings is 2. The summed E-state index contributed by atoms with van der Waals surface area (Å²) < 4.78 is 2.20. The van der Waals surface area contributed by atoms with Gasteiger partial charge in [0.1, 0.15) is 11.3 Å². The number of rotatable bonds is 5. The number of anilines is 1. The Morgan fingerprint density at radius 2 is 1.74 bits per heavy atom. The third kappa shape index (κ3) is 4.76. The predicted octanol–water partition coefficient (Wildman–Crippen LogP) is 4.91. The molecule has 174 valence electrons. The van der Waals surface area contributed by atoms with Crippen molar-refractivity contribution < 1.29 is 4.79 Å². The molecule has 0 radical (unpaired) electrons. The number of nitrogens with one attached hydrogen (secondary N) is 1. The number of halogens is 1. The lowest BCUT2D eigenvalue weighted by Crippen LogP contribution is -2.50. The van der Waals surface area contributed by atoms with Gasteiger partial charge in [0.25, 0.3) is 0 Å². The topological polar surface area (TPSA) is 66.3 Å². The van der Waals surface area contributed by atoms with E-state index in [2.05, 4.69) is 51.0 Å². The second-order valence-electron chi connectivity index (χ2n) is 8.54. The van der Waals surface area contributed by atoms with E-state index in [1.54, 1.807) is 6.07 Å². The number of nitrogens with zero attached hydrogens (tertiary/aromatic N) is 5. The number of hydrogen-bond acceptors (Lipinski definition) is 4. The number of para-hydroxylation sites is 1. The van der Waals surface area contributed by atoms with Crippen molar-refractivity contribution in [1.29, 1.82) is 0 Å². The Morgan fingerprint density at radius 1 is 0.971 bits per heavy atom. The Bertz CT molecular complexity index is 1290. The molecule has 34 heavy (non-hydrogen) atoms. The zero-order valence-corrected chi connectivity index (χ0v) is 19.9. The minimum atomic E-state index is -0.112. The monoisotopic (exact) mass is 474 g/mol. The first kappa shape index (κ1) is 22.4. The predicted molar refractivity (Wildman–Crippen MR) is 136 cm³/mol. The van der Waals surface area contributed by atoms with E-state index in [9.17, 15) is 4.79 Å². The van der Waals surface area contributed by atoms with Crippen molar-refractivity contribution in [3.63, 3.8) is 0 Å². The van der Waals surface area contributed by atoms with Crippen LogP contribution in [-0.2, 0) is 6.54 Å². The Labute approximate surface area is 204 Å². The van der Waals surface area contributed by atoms with Gasteiger partial charge in [-0.25, -0.2) is 14.8 Å². The maximum atomic E-state index is 12.7. The smallest absolute Gasteiger partial charge is 0.321 e. The van der Waals surface area contributed by atoms with Crippen molar-refractivity contribution in [1.82, 2.24) is 24.3 Å². The van der Waals surface area contributed by atoms with Gasteiger partial charge in [-0.15, -0.1) is 0 Å². The van der Waals surface area contributed by atoms with Crippen molar-refractivity contribution in [3.05, 3.63) is 77.4 Å². The zero-order valence-electron chi connectivity index (χ0n) is 19.1. The fourth-order valence-corrected chi connectivity index (χ4v) is 4.45. The number of piperazine rings is 1. The van der Waals surface area contributed by atoms with E-state index in [-0.39, 0.29) is 6.03 Å². The second kappa shape index (κ2) is 9.83. The van der Waals surface area contributed by atoms with Crippen LogP contribution in [0.1, 0.15) is 5.56 Å². The van der Waals surface area contributed by atoms with Gasteiger partial charge in [-0.1, -0.05) is 53.6 Å². The number of carbonyl (C=O) groups is 1. The molecule has 0 saturated carbocycles. The highest BCUT2D eigenvalue weighted by molar-refractivity contribution is 6.33. The second-order valence-corrected chi connectivity index (χ2v) is 8.95. The van der Waals surface area contributed by atoms with Gasteiger partial charge >= 0.3 is 6.03 Å². The number of pyridine rings is 1. The summed E-state index contributed by atoms with van der Waals surface area (Å²) in [7, 11) is 0. The molecule has 0 spiro atoms. The Kier molecular flexibility index (Phi) is 6.47. The molecule has 4 aromatic rings. The molecule has 5 rings (SSSR count). The highest BCUT2D eigenvalue weighted by atomic mass is 35.5. The van der Waals surface area contributed by atoms with Crippen LogP contribution in [0.15, 0.2) is 66.9 Å². The average molecular weight is 475 g/mol. The molecule has 2 amide bonds. The van der Waals surface area contributed by atoms with E-state index in [4.69, 9.17) is 16.6 Å². The lowest BCUT2D eigenvalue weighted by molar-refractivity contribution is 0.145. The molecule has 1 saturated heterocycles. The Hall–Kier alpha value is -3.42. The summed E-state index contributed by atoms with van der Waals surface area (Å²) in [4.78, 5) is 26.4. The van der Waals surface area contributed by atoms with Crippen LogP contribution in [0.25, 0.3) is 22.6 Å². The molecule has 1 aliphatic heterocycles. The molecule has 1 fully saturated rings. The summed E-state index contributed by atoms with van der Waals surface area (Å²) in [5, 5.41) is 3.46. The van der Waals surface area contributed by atoms with Crippen molar-refractivity contribution in [2.45, 2.75) is 13.5 Å². The van der Waals surface area contributed by atoms with Crippen molar-refractivity contribution in [2.24, 2.45) is 0 Å². The highest BCUT2D eigenvalue weighted by Crippen LogP contribution is 2.24. The number of carbonyl (C=O) groups excluding carboxylic acids is 1. The van der Waals surface area contributed by atoms with Gasteiger partial charge in [-0.2, -0.15) is 0 Å². The first-order valence-electron chi connectivity index (χ1n) is 11.5. The van der Waals surface area contributed by atoms with Crippen molar-refractivity contribution in [3.8, 4) is 11.4 Å². The summed E-state index contributed by atoms with van der Waals surface area (Å²) in [6, 6.07) is 19.6. The van der Waals surface area contributed by atoms with Crippen LogP contribution in [0.2, 0.25) is 5.02 Å². The first-order valence-corrected chi connectivity index (χ1v) is 11.9. The van der Waals surface area contributed by atoms with Crippen LogP contribution in [0.3, 0.4) is 0 Å². The highest BCUT2D eigenvalue weighted by Gasteiger charge is 2.22. The molecule has 8 heteroatoms. The van der Waals surface area contributed by atoms with Crippen molar-refractivity contribution >= 4 is 34.5 Å². The van der Waals surface area contributed by atoms with Crippen LogP contribution in [0, 0.1) is 6.92 Å². The summed E-state index contributed by atoms with van der Waals surface area (Å²) in [6.45, 7) is 6.70. The minimum Gasteiger partial charge on any atom is -0.322 e. The number of urea groups is 1. The SMILES string of the molecule is Cc1ccc(-c2nc3cccnc3n2CCN2CCN(C(=O)Nc3ccccc3Cl)CC2)cc1. The molecular weight excluding hydrogens is 448 g/mol. The van der Waals surface area contributed by atoms with Crippen LogP contribution in [0.5, 0.6) is 0 Å². The third-order valence-electron chi connectivity index (χ3n) is 6.23. The van der Waals surface area contributed by atoms with E-state index in [1.165, 1.54) is 5.56 Å². The summed E-state index contributed by atoms with van der Waals surface area (Å²) in [5.74, 6) is 0.937. The van der Waals surface area contributed by atoms with Gasteiger partial charge in [0.15, 0.2) is 5.65 Å². The summed E-state index contributed by atoms with van der Waals surface area (Å²) in [6.07, 6.45) is 1.82. The molecule has 0 aliphatic carbocycles. The van der Waals surface area contributed by atoms with Crippen LogP contribution < -0.4 is 5.32 Å². The molecule has 0 bridgehead atoms. The van der Waals surface area contributed by atoms with E-state index < -0.39 is 0 Å². The molecule has 0 atom stereocenters. The zero-order chi connectivity index (χ0) is 23.5. The number of amides is 2. The maximum Gasteiger partial charge on any atom is 0.321 e. The van der Waals surface area contributed by atoms with E-state index in [1.807, 2.05) is 41.4 Å². The Morgan fingerprint density at radius 3 is 2.50 bits per heavy atom. The number of imidazole rings is 1. The third-order valence-corrected chi connectivity index (χ3v) is 6.56. The number of hydrogen-bond donors (Lipinski definition) is 1. The molecule has 1 N–H and O–H groups in total. The number of aromatic nitrogens is 3. The van der Waals surface area contributed by atoms with E-state index in [0.29, 0.717) is 23.8 Å². The van der Waals surface area contributed by atoms with Gasteiger partial charge < -0.3 is 14.8 Å². The lowest BCUT2D eigenvalue weighted by atomic mass is 10.1. The van der Waals surface area contributed by atoms with Crippen molar-refractivity contribution in [2.75, 3.05) is 38.0 Å². The van der Waals surface area contributed by atoms with Crippen LogP contribution in [0.4, 0.5) is 10.5 Å². The molecule has 1 aliphatic rings. The van der Waals surface area contributed by atoms with Crippen LogP contribution in [-0.4, -0.2) is 63.1 Å². The first-order chi connectivity index (χ1) is 16.6. The standard InChI is InChI=1S/C26H27ClN6O/c1-19-8-10-20(11-9-19)24-29-23-7-4-12-28-25(23)33(24)18-15-31-13-16-32(17-14-31)26(34)30-22-6-3-2-5-21(22)27/h2-12H,13-18H2,1H3,(H,30,34). The van der Waals surface area contributed by atoms with Gasteiger partial charge in [0.2, 0.25) is 0 Å². The molecule has 2 aromatic carbocycles. The lowest BCUT2D eigenvalue weighted by Gasteiger charge is -2.34. The average Bonchev–Trinajstić information content (AvgIpc) is 3.23. The van der Waals surface area contributed by atoms with Gasteiger partial charge in [-0.3, -0.25) is 4.90 Å². The fourth-order valence-electron chi connectivity index (χ4n) is 4.27. The summed E-state index contributed by atoms with van der Waals surface area (Å²) >= 11 is 6.17. The normalized spacial score (nSPS) is 14.5. The van der Waals surface area contributed by atoms with Gasteiger partial charge in [0.05, 0.1) is 10.7 Å². The minimum absolute atomic E-state index is 0.112. The molecule has 2 aromatic heterocycles. The largest absolute Gasteiger partial charge is 0.322 e.